The van der Waals surface area contributed by atoms with Gasteiger partial charge < -0.3 is 10.4 Å². The molecule has 1 aliphatic heterocycles. The molecule has 2 heterocycles. The van der Waals surface area contributed by atoms with E-state index in [1.165, 1.54) is 25.7 Å². The molecule has 0 spiro atoms. The number of nitrogens with one attached hydrogen (secondary N) is 1. The predicted molar refractivity (Wildman–Crippen MR) is 116 cm³/mol. The number of thioether (sulfide) groups is 1. The van der Waals surface area contributed by atoms with Gasteiger partial charge in [-0.15, -0.1) is 0 Å². The van der Waals surface area contributed by atoms with Gasteiger partial charge in [0.2, 0.25) is 0 Å². The lowest BCUT2D eigenvalue weighted by Crippen LogP contribution is -2.13. The van der Waals surface area contributed by atoms with E-state index in [2.05, 4.69) is 35.6 Å². The molecule has 3 aliphatic rings. The van der Waals surface area contributed by atoms with Crippen molar-refractivity contribution in [2.24, 2.45) is 17.8 Å². The molecule has 3 nitrogen and oxygen atoms in total. The van der Waals surface area contributed by atoms with Crippen LogP contribution in [-0.2, 0) is 0 Å². The van der Waals surface area contributed by atoms with Crippen LogP contribution >= 0.6 is 11.8 Å². The number of piperidine rings is 1. The summed E-state index contributed by atoms with van der Waals surface area (Å²) in [7, 11) is 0. The number of hydrogen-bond acceptors (Lipinski definition) is 4. The Labute approximate surface area is 165 Å². The fourth-order valence-electron chi connectivity index (χ4n) is 3.58. The summed E-state index contributed by atoms with van der Waals surface area (Å²) in [5.74, 6) is 3.86. The molecule has 1 saturated heterocycles. The SMILES string of the molecule is CC.CC.CC1C2CNCC12.CSC1C=CC(c2ccc(O)cn2)CC1. The fourth-order valence-corrected chi connectivity index (χ4v) is 4.20. The van der Waals surface area contributed by atoms with E-state index in [0.29, 0.717) is 11.2 Å². The second-order valence-corrected chi connectivity index (χ2v) is 7.71. The number of hydrogen-bond donors (Lipinski definition) is 2. The molecule has 2 N–H and O–H groups in total. The van der Waals surface area contributed by atoms with Crippen molar-refractivity contribution >= 4 is 11.8 Å². The minimum absolute atomic E-state index is 0.237. The molecule has 2 aliphatic carbocycles. The lowest BCUT2D eigenvalue weighted by atomic mass is 9.92. The van der Waals surface area contributed by atoms with Gasteiger partial charge in [0.15, 0.2) is 0 Å². The Kier molecular flexibility index (Phi) is 11.0. The van der Waals surface area contributed by atoms with Crippen molar-refractivity contribution in [3.05, 3.63) is 36.2 Å². The number of rotatable bonds is 2. The van der Waals surface area contributed by atoms with Gasteiger partial charge in [0, 0.05) is 16.9 Å². The van der Waals surface area contributed by atoms with E-state index in [9.17, 15) is 0 Å². The number of nitrogens with zero attached hydrogens (tertiary/aromatic N) is 1. The summed E-state index contributed by atoms with van der Waals surface area (Å²) >= 11 is 1.90. The van der Waals surface area contributed by atoms with E-state index in [1.54, 1.807) is 6.07 Å². The number of aromatic nitrogens is 1. The topological polar surface area (TPSA) is 45.1 Å². The third kappa shape index (κ3) is 6.62. The normalized spacial score (nSPS) is 30.5. The van der Waals surface area contributed by atoms with Crippen molar-refractivity contribution in [2.75, 3.05) is 19.3 Å². The Morgan fingerprint density at radius 3 is 2.08 bits per heavy atom. The number of aromatic hydroxyl groups is 1. The molecular formula is C22H38N2OS. The zero-order valence-corrected chi connectivity index (χ0v) is 18.2. The maximum Gasteiger partial charge on any atom is 0.133 e. The van der Waals surface area contributed by atoms with Crippen molar-refractivity contribution < 1.29 is 5.11 Å². The molecule has 4 unspecified atom stereocenters. The summed E-state index contributed by atoms with van der Waals surface area (Å²) in [6.45, 7) is 13.0. The second-order valence-electron chi connectivity index (χ2n) is 6.63. The Morgan fingerprint density at radius 2 is 1.69 bits per heavy atom. The van der Waals surface area contributed by atoms with Gasteiger partial charge in [-0.3, -0.25) is 4.98 Å². The lowest BCUT2D eigenvalue weighted by molar-refractivity contribution is 0.471. The maximum atomic E-state index is 9.15. The van der Waals surface area contributed by atoms with Crippen LogP contribution in [0.2, 0.25) is 0 Å². The fraction of sp³-hybridized carbons (Fsp3) is 0.682. The van der Waals surface area contributed by atoms with Crippen LogP contribution in [0.15, 0.2) is 30.5 Å². The van der Waals surface area contributed by atoms with Gasteiger partial charge in [0.05, 0.1) is 6.20 Å². The van der Waals surface area contributed by atoms with Gasteiger partial charge >= 0.3 is 0 Å². The summed E-state index contributed by atoms with van der Waals surface area (Å²) in [4.78, 5) is 4.24. The summed E-state index contributed by atoms with van der Waals surface area (Å²) < 4.78 is 0. The van der Waals surface area contributed by atoms with E-state index in [4.69, 9.17) is 5.11 Å². The largest absolute Gasteiger partial charge is 0.506 e. The van der Waals surface area contributed by atoms with Crippen LogP contribution in [0, 0.1) is 17.8 Å². The lowest BCUT2D eigenvalue weighted by Gasteiger charge is -2.21. The van der Waals surface area contributed by atoms with Gasteiger partial charge in [0.1, 0.15) is 5.75 Å². The van der Waals surface area contributed by atoms with Crippen LogP contribution in [0.5, 0.6) is 5.75 Å². The Bertz CT molecular complexity index is 507. The van der Waals surface area contributed by atoms with Crippen LogP contribution in [-0.4, -0.2) is 34.7 Å². The van der Waals surface area contributed by atoms with Crippen molar-refractivity contribution in [2.45, 2.75) is 58.6 Å². The van der Waals surface area contributed by atoms with E-state index in [1.807, 2.05) is 45.5 Å². The first-order chi connectivity index (χ1) is 12.7. The highest BCUT2D eigenvalue weighted by molar-refractivity contribution is 7.99. The van der Waals surface area contributed by atoms with Gasteiger partial charge in [-0.2, -0.15) is 11.8 Å². The number of pyridine rings is 1. The van der Waals surface area contributed by atoms with Crippen molar-refractivity contribution in [3.8, 4) is 5.75 Å². The van der Waals surface area contributed by atoms with Crippen molar-refractivity contribution in [1.82, 2.24) is 10.3 Å². The summed E-state index contributed by atoms with van der Waals surface area (Å²) in [5, 5.41) is 13.2. The van der Waals surface area contributed by atoms with Crippen molar-refractivity contribution in [1.29, 1.82) is 0 Å². The van der Waals surface area contributed by atoms with Gasteiger partial charge in [0.25, 0.3) is 0 Å². The molecule has 1 aromatic heterocycles. The zero-order chi connectivity index (χ0) is 19.5. The maximum absolute atomic E-state index is 9.15. The van der Waals surface area contributed by atoms with Crippen LogP contribution in [0.1, 0.15) is 59.1 Å². The molecule has 2 fully saturated rings. The molecule has 0 radical (unpaired) electrons. The molecule has 1 aromatic rings. The average molecular weight is 379 g/mol. The molecule has 1 saturated carbocycles. The summed E-state index contributed by atoms with van der Waals surface area (Å²) in [6, 6.07) is 3.61. The molecule has 4 heteroatoms. The average Bonchev–Trinajstić information content (AvgIpc) is 3.11. The van der Waals surface area contributed by atoms with E-state index in [0.717, 1.165) is 29.9 Å². The third-order valence-corrected chi connectivity index (χ3v) is 6.29. The highest BCUT2D eigenvalue weighted by Gasteiger charge is 2.49. The highest BCUT2D eigenvalue weighted by Crippen LogP contribution is 2.47. The molecule has 0 amide bonds. The first-order valence-corrected chi connectivity index (χ1v) is 11.5. The van der Waals surface area contributed by atoms with Crippen molar-refractivity contribution in [3.63, 3.8) is 0 Å². The van der Waals surface area contributed by atoms with Gasteiger partial charge in [-0.1, -0.05) is 46.8 Å². The number of fused-ring (bicyclic) bond motifs is 1. The number of allylic oxidation sites excluding steroid dienone is 1. The quantitative estimate of drug-likeness (QED) is 0.669. The molecule has 26 heavy (non-hydrogen) atoms. The molecule has 4 rings (SSSR count). The standard InChI is InChI=1S/C12H15NOS.C6H11N.2C2H6/c1-15-11-5-2-9(3-6-11)12-7-4-10(14)8-13-12;1-4-5-2-7-3-6(4)5;2*1-2/h2,4-5,7-9,11,14H,3,6H2,1H3;4-7H,2-3H2,1H3;2*1-2H3. The molecule has 0 aromatic carbocycles. The highest BCUT2D eigenvalue weighted by atomic mass is 32.2. The summed E-state index contributed by atoms with van der Waals surface area (Å²) in [5.41, 5.74) is 1.06. The molecule has 148 valence electrons. The first kappa shape index (κ1) is 23.0. The Hall–Kier alpha value is -1.00. The second kappa shape index (κ2) is 12.4. The summed E-state index contributed by atoms with van der Waals surface area (Å²) in [6.07, 6.45) is 10.5. The minimum atomic E-state index is 0.237. The predicted octanol–water partition coefficient (Wildman–Crippen LogP) is 5.48. The zero-order valence-electron chi connectivity index (χ0n) is 17.4. The minimum Gasteiger partial charge on any atom is -0.506 e. The van der Waals surface area contributed by atoms with E-state index in [-0.39, 0.29) is 5.75 Å². The van der Waals surface area contributed by atoms with E-state index < -0.39 is 0 Å². The first-order valence-electron chi connectivity index (χ1n) is 10.3. The van der Waals surface area contributed by atoms with Crippen LogP contribution in [0.3, 0.4) is 0 Å². The van der Waals surface area contributed by atoms with Crippen LogP contribution < -0.4 is 5.32 Å². The molecule has 0 bridgehead atoms. The Balaban J connectivity index is 0.000000255. The Morgan fingerprint density at radius 1 is 1.04 bits per heavy atom. The van der Waals surface area contributed by atoms with Crippen LogP contribution in [0.25, 0.3) is 0 Å². The smallest absolute Gasteiger partial charge is 0.133 e. The monoisotopic (exact) mass is 378 g/mol. The van der Waals surface area contributed by atoms with Gasteiger partial charge in [-0.25, -0.2) is 0 Å². The third-order valence-electron chi connectivity index (χ3n) is 5.29. The molecule has 4 atom stereocenters. The van der Waals surface area contributed by atoms with Crippen LogP contribution in [0.4, 0.5) is 0 Å². The van der Waals surface area contributed by atoms with Gasteiger partial charge in [-0.05, 0) is 62.1 Å². The molecular weight excluding hydrogens is 340 g/mol. The van der Waals surface area contributed by atoms with E-state index >= 15 is 0 Å².